The van der Waals surface area contributed by atoms with E-state index in [1.54, 1.807) is 11.1 Å². The minimum absolute atomic E-state index is 0.175. The second kappa shape index (κ2) is 17.9. The lowest BCUT2D eigenvalue weighted by atomic mass is 10.2. The van der Waals surface area contributed by atoms with E-state index in [2.05, 4.69) is 278 Å². The number of hydrogen-bond donors (Lipinski definition) is 0. The Kier molecular flexibility index (Phi) is 16.2. The third kappa shape index (κ3) is 7.87. The van der Waals surface area contributed by atoms with Crippen LogP contribution in [0.4, 0.5) is 0 Å². The van der Waals surface area contributed by atoms with Gasteiger partial charge in [0.2, 0.25) is 0 Å². The zero-order valence-electron chi connectivity index (χ0n) is 49.3. The molecule has 0 N–H and O–H groups in total. The normalized spacial score (nSPS) is 21.8. The number of fused-ring (bicyclic) bond motifs is 2. The molecule has 2 atom stereocenters. The number of benzene rings is 2. The lowest BCUT2D eigenvalue weighted by molar-refractivity contribution is 0.623. The van der Waals surface area contributed by atoms with Crippen molar-refractivity contribution in [3.05, 3.63) is 83.2 Å². The highest BCUT2D eigenvalue weighted by atomic mass is 30.3. The number of unbranched alkanes of at least 4 members (excludes halogenated alkanes) is 3. The standard InChI is InChI=1S/C52H96Si7.C6H14/c1-45(2,3)53(25,46(4,5)6)57-39-44(42-37-33-30-34-38-42)58(40-43(57)41-35-31-29-32-36-41,54(26,47(7,8)9)48(10,11)12)59(57,55(27,49(13,14)15)50(16,17)18)56(28,51(19,20)21)52(22,23)24;1-3-5-6-4-2/h29-40H,1-28H3;3-6H2,1-2H3/t57-,58-;/m0./s1. The van der Waals surface area contributed by atoms with Crippen molar-refractivity contribution in [2.24, 2.45) is 0 Å². The van der Waals surface area contributed by atoms with Crippen molar-refractivity contribution in [1.82, 2.24) is 0 Å². The fraction of sp³-hybridized carbons (Fsp3) is 0.724. The van der Waals surface area contributed by atoms with Gasteiger partial charge in [0, 0.05) is 15.2 Å². The maximum Gasteiger partial charge on any atom is 0.0904 e. The van der Waals surface area contributed by atoms with Crippen LogP contribution in [-0.2, 0) is 0 Å². The fourth-order valence-corrected chi connectivity index (χ4v) is 316. The van der Waals surface area contributed by atoms with E-state index in [-0.39, 0.29) is 40.3 Å². The molecule has 4 rings (SSSR count). The summed E-state index contributed by atoms with van der Waals surface area (Å²) in [5, 5.41) is 5.40. The van der Waals surface area contributed by atoms with E-state index in [0.29, 0.717) is 0 Å². The van der Waals surface area contributed by atoms with Gasteiger partial charge in [-0.05, 0) is 51.4 Å². The Hall–Kier alpha value is -0.562. The third-order valence-corrected chi connectivity index (χ3v) is 184. The Labute approximate surface area is 413 Å². The molecule has 2 aliphatic rings. The van der Waals surface area contributed by atoms with Gasteiger partial charge in [-0.15, -0.1) is 0 Å². The number of hydrogen-bond acceptors (Lipinski definition) is 0. The molecule has 0 amide bonds. The topological polar surface area (TPSA) is 0 Å². The predicted molar refractivity (Wildman–Crippen MR) is 320 cm³/mol. The molecule has 2 bridgehead atoms. The van der Waals surface area contributed by atoms with E-state index in [0.717, 1.165) is 0 Å². The first-order chi connectivity index (χ1) is 28.8. The molecular formula is C58H110Si7. The summed E-state index contributed by atoms with van der Waals surface area (Å²) >= 11 is 0. The van der Waals surface area contributed by atoms with E-state index in [1.807, 2.05) is 10.4 Å². The van der Waals surface area contributed by atoms with Gasteiger partial charge in [-0.25, -0.2) is 0 Å². The fourth-order valence-electron chi connectivity index (χ4n) is 16.9. The van der Waals surface area contributed by atoms with E-state index in [9.17, 15) is 0 Å². The van der Waals surface area contributed by atoms with Gasteiger partial charge in [0.25, 0.3) is 0 Å². The van der Waals surface area contributed by atoms with Crippen molar-refractivity contribution in [1.29, 1.82) is 0 Å². The van der Waals surface area contributed by atoms with Crippen LogP contribution in [0.3, 0.4) is 0 Å². The molecule has 0 aliphatic carbocycles. The largest absolute Gasteiger partial charge is 0.0950 e. The maximum atomic E-state index is 3.46. The molecule has 0 spiro atoms. The van der Waals surface area contributed by atoms with Crippen molar-refractivity contribution in [3.8, 4) is 0 Å². The SMILES string of the molecule is CC(C)(C)[Si](C)(C(C)(C)C)[Si]1([Si](C)(C(C)(C)C)C(C)(C)C)[Si@@]2([Si](C)(C(C)(C)C)C(C)(C)C)C=C(c3ccccc3)[Si@]1([Si](C)(C(C)(C)C)C(C)(C)C)C=C2c1ccccc1.CCCCCC. The summed E-state index contributed by atoms with van der Waals surface area (Å²) in [6.45, 7) is 84.1. The van der Waals surface area contributed by atoms with E-state index in [4.69, 9.17) is 0 Å². The molecule has 0 unspecified atom stereocenters. The van der Waals surface area contributed by atoms with Crippen LogP contribution in [0.2, 0.25) is 66.5 Å². The quantitative estimate of drug-likeness (QED) is 0.173. The molecule has 370 valence electrons. The summed E-state index contributed by atoms with van der Waals surface area (Å²) < 4.78 is 0. The molecule has 2 aromatic carbocycles. The summed E-state index contributed by atoms with van der Waals surface area (Å²) in [5.74, 6) is 0. The molecule has 65 heavy (non-hydrogen) atoms. The summed E-state index contributed by atoms with van der Waals surface area (Å²) in [5.41, 5.74) is 10.1. The smallest absolute Gasteiger partial charge is 0.0904 e. The van der Waals surface area contributed by atoms with Crippen LogP contribution in [0, 0.1) is 0 Å². The molecule has 0 nitrogen and oxygen atoms in total. The molecule has 7 heteroatoms. The monoisotopic (exact) mass is 1000 g/mol. The molecule has 2 aliphatic heterocycles. The van der Waals surface area contributed by atoms with Gasteiger partial charge in [0.15, 0.2) is 0 Å². The Morgan fingerprint density at radius 3 is 0.692 bits per heavy atom. The lowest BCUT2D eigenvalue weighted by Gasteiger charge is -2.81. The molecule has 2 heterocycles. The Balaban J connectivity index is 0.00000175. The summed E-state index contributed by atoms with van der Waals surface area (Å²) in [6, 6.07) is 24.7. The molecule has 0 aromatic heterocycles. The van der Waals surface area contributed by atoms with E-state index >= 15 is 0 Å². The zero-order chi connectivity index (χ0) is 51.1. The second-order valence-electron chi connectivity index (χ2n) is 30.4. The summed E-state index contributed by atoms with van der Waals surface area (Å²) in [4.78, 5) is 0. The summed E-state index contributed by atoms with van der Waals surface area (Å²) in [7, 11) is -15.6. The van der Waals surface area contributed by atoms with Gasteiger partial charge < -0.3 is 0 Å². The maximum absolute atomic E-state index is 3.46. The van der Waals surface area contributed by atoms with E-state index in [1.165, 1.54) is 25.7 Å². The van der Waals surface area contributed by atoms with E-state index < -0.39 is 50.7 Å². The average Bonchev–Trinajstić information content (AvgIpc) is 3.57. The highest BCUT2D eigenvalue weighted by Gasteiger charge is 2.97. The van der Waals surface area contributed by atoms with Crippen LogP contribution in [0.5, 0.6) is 0 Å². The Bertz CT molecular complexity index is 1800. The molecular weight excluding hydrogens is 893 g/mol. The van der Waals surface area contributed by atoms with Crippen LogP contribution in [-0.4, -0.2) is 50.7 Å². The minimum atomic E-state index is -2.81. The van der Waals surface area contributed by atoms with Gasteiger partial charge in [-0.3, -0.25) is 0 Å². The molecule has 0 radical (unpaired) electrons. The average molecular weight is 1000 g/mol. The molecule has 2 aromatic rings. The second-order valence-corrected chi connectivity index (χ2v) is 100. The van der Waals surface area contributed by atoms with Crippen molar-refractivity contribution >= 4 is 61.1 Å². The van der Waals surface area contributed by atoms with Crippen LogP contribution < -0.4 is 0 Å². The third-order valence-electron chi connectivity index (χ3n) is 21.0. The van der Waals surface area contributed by atoms with Crippen LogP contribution >= 0.6 is 0 Å². The van der Waals surface area contributed by atoms with Gasteiger partial charge in [-0.2, -0.15) is 0 Å². The van der Waals surface area contributed by atoms with Gasteiger partial charge >= 0.3 is 0 Å². The number of rotatable bonds is 9. The van der Waals surface area contributed by atoms with Crippen LogP contribution in [0.15, 0.2) is 72.1 Å². The van der Waals surface area contributed by atoms with Crippen LogP contribution in [0.25, 0.3) is 10.4 Å². The lowest BCUT2D eigenvalue weighted by Crippen LogP contribution is -3.05. The van der Waals surface area contributed by atoms with Crippen molar-refractivity contribution in [2.75, 3.05) is 0 Å². The van der Waals surface area contributed by atoms with Gasteiger partial charge in [0.1, 0.15) is 0 Å². The highest BCUT2D eigenvalue weighted by molar-refractivity contribution is 8.25. The predicted octanol–water partition coefficient (Wildman–Crippen LogP) is 20.5. The molecule has 0 fully saturated rings. The molecule has 0 saturated heterocycles. The Morgan fingerprint density at radius 1 is 0.323 bits per heavy atom. The summed E-state index contributed by atoms with van der Waals surface area (Å²) in [6.07, 6.45) is 2.75. The zero-order valence-corrected chi connectivity index (χ0v) is 56.3. The first-order valence-electron chi connectivity index (χ1n) is 26.4. The minimum Gasteiger partial charge on any atom is -0.0950 e. The van der Waals surface area contributed by atoms with Crippen molar-refractivity contribution < 1.29 is 0 Å². The first-order valence-corrected chi connectivity index (χ1v) is 48.5. The molecule has 0 saturated carbocycles. The Morgan fingerprint density at radius 2 is 0.523 bits per heavy atom. The van der Waals surface area contributed by atoms with Crippen molar-refractivity contribution in [2.45, 2.75) is 272 Å². The highest BCUT2D eigenvalue weighted by Crippen LogP contribution is 2.81. The first kappa shape index (κ1) is 58.8. The van der Waals surface area contributed by atoms with Crippen molar-refractivity contribution in [3.63, 3.8) is 0 Å². The van der Waals surface area contributed by atoms with Gasteiger partial charge in [0.05, 0.1) is 35.5 Å². The van der Waals surface area contributed by atoms with Crippen LogP contribution in [0.1, 0.15) is 217 Å². The van der Waals surface area contributed by atoms with Gasteiger partial charge in [-0.1, -0.05) is 314 Å².